The summed E-state index contributed by atoms with van der Waals surface area (Å²) in [7, 11) is 1.20. The first-order valence-corrected chi connectivity index (χ1v) is 9.62. The number of halogens is 2. The molecular weight excluding hydrogens is 413 g/mol. The number of nitrogens with zero attached hydrogens (tertiary/aromatic N) is 2. The molecule has 0 aliphatic heterocycles. The number of hydrogen-bond acceptors (Lipinski definition) is 5. The average molecular weight is 434 g/mol. The Hall–Kier alpha value is -3.13. The quantitative estimate of drug-likeness (QED) is 0.557. The maximum atomic E-state index is 14.8. The van der Waals surface area contributed by atoms with Gasteiger partial charge in [0.15, 0.2) is 0 Å². The zero-order valence-corrected chi connectivity index (χ0v) is 17.2. The van der Waals surface area contributed by atoms with Crippen LogP contribution in [0.2, 0.25) is 5.02 Å². The minimum absolute atomic E-state index is 0.0317. The van der Waals surface area contributed by atoms with Crippen molar-refractivity contribution in [1.29, 1.82) is 0 Å². The van der Waals surface area contributed by atoms with Gasteiger partial charge >= 0.3 is 5.97 Å². The van der Waals surface area contributed by atoms with Crippen molar-refractivity contribution in [2.45, 2.75) is 32.2 Å². The number of carbonyl (C=O) groups excluding carboxylic acids is 1. The summed E-state index contributed by atoms with van der Waals surface area (Å²) >= 11 is 5.91. The van der Waals surface area contributed by atoms with Crippen LogP contribution in [-0.2, 0) is 22.5 Å². The number of methoxy groups -OCH3 is 1. The Labute approximate surface area is 177 Å². The van der Waals surface area contributed by atoms with E-state index in [4.69, 9.17) is 16.3 Å². The highest BCUT2D eigenvalue weighted by molar-refractivity contribution is 6.30. The molecule has 2 N–H and O–H groups in total. The van der Waals surface area contributed by atoms with Crippen LogP contribution in [0.5, 0.6) is 5.75 Å². The van der Waals surface area contributed by atoms with Crippen LogP contribution < -0.4 is 5.56 Å². The number of carbonyl (C=O) groups is 1. The molecule has 0 saturated carbocycles. The number of ether oxygens (including phenoxy) is 1. The van der Waals surface area contributed by atoms with Crippen molar-refractivity contribution in [3.63, 3.8) is 0 Å². The van der Waals surface area contributed by atoms with E-state index in [0.29, 0.717) is 18.7 Å². The first-order valence-electron chi connectivity index (χ1n) is 9.24. The molecule has 0 fully saturated rings. The van der Waals surface area contributed by atoms with Crippen LogP contribution in [0.4, 0.5) is 4.39 Å². The van der Waals surface area contributed by atoms with Gasteiger partial charge in [-0.2, -0.15) is 0 Å². The lowest BCUT2D eigenvalue weighted by Gasteiger charge is -2.21. The lowest BCUT2D eigenvalue weighted by molar-refractivity contribution is -0.140. The highest BCUT2D eigenvalue weighted by atomic mass is 35.5. The van der Waals surface area contributed by atoms with Crippen molar-refractivity contribution in [1.82, 2.24) is 14.5 Å². The summed E-state index contributed by atoms with van der Waals surface area (Å²) in [6.45, 7) is 2.00. The van der Waals surface area contributed by atoms with Crippen LogP contribution in [0.25, 0.3) is 0 Å². The predicted molar refractivity (Wildman–Crippen MR) is 109 cm³/mol. The number of hydrogen-bond donors (Lipinski definition) is 2. The van der Waals surface area contributed by atoms with Crippen molar-refractivity contribution in [3.05, 3.63) is 80.5 Å². The molecular formula is C21H21ClFN3O4. The van der Waals surface area contributed by atoms with E-state index in [0.717, 1.165) is 5.69 Å². The van der Waals surface area contributed by atoms with Crippen LogP contribution in [0, 0.1) is 12.7 Å². The lowest BCUT2D eigenvalue weighted by Crippen LogP contribution is -2.29. The first kappa shape index (κ1) is 21.6. The molecule has 0 amide bonds. The number of aromatic amines is 1. The molecule has 9 heteroatoms. The van der Waals surface area contributed by atoms with Crippen LogP contribution in [0.15, 0.2) is 41.6 Å². The predicted octanol–water partition coefficient (Wildman–Crippen LogP) is 3.32. The molecule has 1 atom stereocenters. The van der Waals surface area contributed by atoms with Gasteiger partial charge in [-0.1, -0.05) is 23.7 Å². The summed E-state index contributed by atoms with van der Waals surface area (Å²) in [6.07, 6.45) is 3.36. The van der Waals surface area contributed by atoms with E-state index in [1.807, 2.05) is 0 Å². The molecule has 1 aromatic carbocycles. The van der Waals surface area contributed by atoms with Crippen molar-refractivity contribution in [2.75, 3.05) is 7.11 Å². The minimum Gasteiger partial charge on any atom is -0.507 e. The minimum atomic E-state index is -1.07. The van der Waals surface area contributed by atoms with Gasteiger partial charge in [0.25, 0.3) is 5.56 Å². The number of aromatic hydroxyl groups is 1. The topological polar surface area (TPSA) is 97.2 Å². The van der Waals surface area contributed by atoms with Gasteiger partial charge in [-0.25, -0.2) is 9.37 Å². The third kappa shape index (κ3) is 4.38. The second kappa shape index (κ2) is 9.13. The number of esters is 1. The van der Waals surface area contributed by atoms with Gasteiger partial charge in [0.1, 0.15) is 11.6 Å². The smallest absolute Gasteiger partial charge is 0.306 e. The Morgan fingerprint density at radius 1 is 1.43 bits per heavy atom. The Morgan fingerprint density at radius 2 is 2.20 bits per heavy atom. The first-order chi connectivity index (χ1) is 14.3. The van der Waals surface area contributed by atoms with E-state index in [2.05, 4.69) is 9.97 Å². The summed E-state index contributed by atoms with van der Waals surface area (Å²) in [5.41, 5.74) is 0.799. The molecule has 2 aromatic heterocycles. The standard InChI is InChI=1S/C21H21ClFN3O4/c1-12-8-17(27)19(21(29)26(12)7-6-13-10-24-11-25-13)15(9-18(28)30-2)14-4-3-5-16(22)20(14)23/h3-5,8,10-11,15,27H,6-7,9H2,1-2H3,(H,24,25). The maximum Gasteiger partial charge on any atom is 0.306 e. The summed E-state index contributed by atoms with van der Waals surface area (Å²) in [6, 6.07) is 5.75. The van der Waals surface area contributed by atoms with Gasteiger partial charge in [-0.15, -0.1) is 0 Å². The largest absolute Gasteiger partial charge is 0.507 e. The Balaban J connectivity index is 2.12. The van der Waals surface area contributed by atoms with Crippen molar-refractivity contribution < 1.29 is 19.0 Å². The zero-order chi connectivity index (χ0) is 21.8. The lowest BCUT2D eigenvalue weighted by atomic mass is 9.88. The second-order valence-corrected chi connectivity index (χ2v) is 7.25. The fraction of sp³-hybridized carbons (Fsp3) is 0.286. The number of imidazole rings is 1. The fourth-order valence-electron chi connectivity index (χ4n) is 3.43. The van der Waals surface area contributed by atoms with Gasteiger partial charge in [0.05, 0.1) is 30.4 Å². The summed E-state index contributed by atoms with van der Waals surface area (Å²) < 4.78 is 21.0. The molecule has 0 aliphatic carbocycles. The highest BCUT2D eigenvalue weighted by Gasteiger charge is 2.29. The number of H-pyrrole nitrogens is 1. The van der Waals surface area contributed by atoms with Crippen LogP contribution in [0.1, 0.15) is 34.9 Å². The highest BCUT2D eigenvalue weighted by Crippen LogP contribution is 2.35. The third-order valence-corrected chi connectivity index (χ3v) is 5.28. The molecule has 0 spiro atoms. The van der Waals surface area contributed by atoms with E-state index in [1.54, 1.807) is 19.4 Å². The average Bonchev–Trinajstić information content (AvgIpc) is 3.22. The molecule has 3 aromatic rings. The van der Waals surface area contributed by atoms with Crippen molar-refractivity contribution in [3.8, 4) is 5.75 Å². The molecule has 0 bridgehead atoms. The summed E-state index contributed by atoms with van der Waals surface area (Å²) in [5, 5.41) is 10.4. The normalized spacial score (nSPS) is 12.0. The van der Waals surface area contributed by atoms with Crippen LogP contribution in [0.3, 0.4) is 0 Å². The van der Waals surface area contributed by atoms with E-state index in [1.165, 1.54) is 35.9 Å². The molecule has 7 nitrogen and oxygen atoms in total. The number of aryl methyl sites for hydroxylation is 2. The van der Waals surface area contributed by atoms with E-state index in [-0.39, 0.29) is 28.3 Å². The Morgan fingerprint density at radius 3 is 2.87 bits per heavy atom. The monoisotopic (exact) mass is 433 g/mol. The third-order valence-electron chi connectivity index (χ3n) is 4.99. The van der Waals surface area contributed by atoms with Gasteiger partial charge < -0.3 is 19.4 Å². The Bertz CT molecular complexity index is 1110. The van der Waals surface area contributed by atoms with E-state index in [9.17, 15) is 19.1 Å². The maximum absolute atomic E-state index is 14.8. The van der Waals surface area contributed by atoms with Gasteiger partial charge in [0.2, 0.25) is 0 Å². The molecule has 1 unspecified atom stereocenters. The molecule has 0 radical (unpaired) electrons. The molecule has 158 valence electrons. The van der Waals surface area contributed by atoms with Crippen molar-refractivity contribution >= 4 is 17.6 Å². The van der Waals surface area contributed by atoms with Crippen LogP contribution >= 0.6 is 11.6 Å². The molecule has 30 heavy (non-hydrogen) atoms. The SMILES string of the molecule is COC(=O)CC(c1cccc(Cl)c1F)c1c(O)cc(C)n(CCc2cnc[nH]2)c1=O. The fourth-order valence-corrected chi connectivity index (χ4v) is 3.62. The second-order valence-electron chi connectivity index (χ2n) is 6.84. The summed E-state index contributed by atoms with van der Waals surface area (Å²) in [4.78, 5) is 32.3. The number of aromatic nitrogens is 3. The number of pyridine rings is 1. The summed E-state index contributed by atoms with van der Waals surface area (Å²) in [5.74, 6) is -2.79. The molecule has 0 saturated heterocycles. The van der Waals surface area contributed by atoms with E-state index < -0.39 is 23.3 Å². The number of nitrogens with one attached hydrogen (secondary N) is 1. The van der Waals surface area contributed by atoms with Gasteiger partial charge in [0, 0.05) is 36.5 Å². The molecule has 0 aliphatic rings. The van der Waals surface area contributed by atoms with Gasteiger partial charge in [-0.05, 0) is 24.6 Å². The zero-order valence-electron chi connectivity index (χ0n) is 16.5. The van der Waals surface area contributed by atoms with Gasteiger partial charge in [-0.3, -0.25) is 9.59 Å². The number of rotatable bonds is 7. The molecule has 3 rings (SSSR count). The molecule has 2 heterocycles. The number of benzene rings is 1. The Kier molecular flexibility index (Phi) is 6.56. The van der Waals surface area contributed by atoms with Crippen molar-refractivity contribution in [2.24, 2.45) is 0 Å². The van der Waals surface area contributed by atoms with Crippen LogP contribution in [-0.4, -0.2) is 32.7 Å². The van der Waals surface area contributed by atoms with E-state index >= 15 is 0 Å².